The van der Waals surface area contributed by atoms with Crippen molar-refractivity contribution in [1.29, 1.82) is 0 Å². The zero-order chi connectivity index (χ0) is 80.0. The minimum Gasteiger partial charge on any atom is -0.435 e. The van der Waals surface area contributed by atoms with E-state index in [0.29, 0.717) is 34.3 Å². The number of benzene rings is 16. The number of fused-ring (bicyclic) bond motifs is 18. The maximum absolute atomic E-state index is 6.53. The summed E-state index contributed by atoms with van der Waals surface area (Å²) in [6.45, 7) is 0. The summed E-state index contributed by atoms with van der Waals surface area (Å²) in [6, 6.07) is 141. The molecule has 0 fully saturated rings. The van der Waals surface area contributed by atoms with Gasteiger partial charge in [0.15, 0.2) is 16.8 Å². The average molecular weight is 1570 g/mol. The largest absolute Gasteiger partial charge is 0.435 e. The molecule has 26 rings (SSSR count). The topological polar surface area (TPSA) is 111 Å². The molecule has 0 radical (unpaired) electrons. The molecule has 0 saturated carbocycles. The fourth-order valence-electron chi connectivity index (χ4n) is 18.9. The Morgan fingerprint density at radius 1 is 0.230 bits per heavy atom. The van der Waals surface area contributed by atoms with Crippen LogP contribution in [0.4, 0.5) is 68.2 Å². The molecule has 2 aliphatic heterocycles. The molecule has 10 heterocycles. The third-order valence-corrected chi connectivity index (χ3v) is 24.2. The summed E-state index contributed by atoms with van der Waals surface area (Å²) >= 11 is 0. The van der Waals surface area contributed by atoms with E-state index in [2.05, 4.69) is 426 Å². The van der Waals surface area contributed by atoms with E-state index in [1.165, 1.54) is 59.8 Å². The Kier molecular flexibility index (Phi) is 15.4. The first-order valence-corrected chi connectivity index (χ1v) is 41.0. The van der Waals surface area contributed by atoms with Gasteiger partial charge in [-0.25, -0.2) is 15.0 Å². The maximum atomic E-state index is 6.53. The zero-order valence-electron chi connectivity index (χ0n) is 65.4. The first-order chi connectivity index (χ1) is 60.5. The fourth-order valence-corrected chi connectivity index (χ4v) is 18.9. The van der Waals surface area contributed by atoms with Gasteiger partial charge in [-0.2, -0.15) is 4.98 Å². The van der Waals surface area contributed by atoms with Crippen molar-refractivity contribution in [1.82, 2.24) is 38.2 Å². The van der Waals surface area contributed by atoms with Crippen LogP contribution >= 0.6 is 0 Å². The van der Waals surface area contributed by atoms with Crippen molar-refractivity contribution in [2.75, 3.05) is 19.6 Å². The number of hydrogen-bond acceptors (Lipinski definition) is 10. The maximum Gasteiger partial charge on any atom is 0.246 e. The minimum absolute atomic E-state index is 0.480. The van der Waals surface area contributed by atoms with E-state index in [-0.39, 0.29) is 0 Å². The van der Waals surface area contributed by atoms with Gasteiger partial charge in [0.05, 0.1) is 108 Å². The van der Waals surface area contributed by atoms with Gasteiger partial charge in [-0.05, 0) is 194 Å². The van der Waals surface area contributed by atoms with E-state index in [0.717, 1.165) is 130 Å². The molecule has 572 valence electrons. The van der Waals surface area contributed by atoms with E-state index in [4.69, 9.17) is 28.8 Å². The quantitative estimate of drug-likeness (QED) is 0.117. The Bertz CT molecular complexity index is 7730. The summed E-state index contributed by atoms with van der Waals surface area (Å²) in [4.78, 5) is 28.8. The summed E-state index contributed by atoms with van der Waals surface area (Å²) in [5.41, 5.74) is 30.6. The molecule has 8 aromatic heterocycles. The predicted octanol–water partition coefficient (Wildman–Crippen LogP) is 28.7. The lowest BCUT2D eigenvalue weighted by atomic mass is 10.1. The predicted molar refractivity (Wildman–Crippen MR) is 498 cm³/mol. The fraction of sp³-hybridized carbons (Fsp3) is 0. The third kappa shape index (κ3) is 10.7. The first-order valence-electron chi connectivity index (χ1n) is 41.0. The van der Waals surface area contributed by atoms with Crippen LogP contribution in [-0.4, -0.2) is 38.2 Å². The van der Waals surface area contributed by atoms with Crippen molar-refractivity contribution in [2.45, 2.75) is 0 Å². The van der Waals surface area contributed by atoms with Crippen LogP contribution in [0.2, 0.25) is 0 Å². The van der Waals surface area contributed by atoms with Crippen molar-refractivity contribution < 1.29 is 8.83 Å². The van der Waals surface area contributed by atoms with Gasteiger partial charge < -0.3 is 46.7 Å². The monoisotopic (exact) mass is 1560 g/mol. The number of para-hydroxylation sites is 14. The van der Waals surface area contributed by atoms with Crippen molar-refractivity contribution in [3.05, 3.63) is 413 Å². The lowest BCUT2D eigenvalue weighted by molar-refractivity contribution is 0.616. The number of anilines is 12. The first kappa shape index (κ1) is 68.4. The highest BCUT2D eigenvalue weighted by Gasteiger charge is 2.32. The van der Waals surface area contributed by atoms with E-state index in [9.17, 15) is 0 Å². The average Bonchev–Trinajstić information content (AvgIpc) is 1.54. The highest BCUT2D eigenvalue weighted by Crippen LogP contribution is 2.53. The SMILES string of the molecule is c1ccc(N(c2ccccc2)c2ccc3c(c2)c2ccccc2n3-c2ccc(-c3nc4ccc(N5c6ccccc6-n6c7ccccc7c7cccc5c76)cc4o3)nc2)cc1.c1ccc(N(c2ccccc2)c2ccc3c(c2)c2ccccc2n3-c2ccc(-c3nc4ncc(N5c6ccccc6-n6c7ccccc7c7cccc5c76)cc4o3)cc2)cc1. The standard InChI is InChI=1S/2C54H34N6O/c1-3-14-35(15-4-1)57(36-16-5-2-6-17-36)37-28-31-48-43(32-37)41-19-8-9-21-46(41)59(48)39-27-30-45(55-34-39)54-56-44-29-26-38(33-52(44)61-54)58-49-23-11-12-24-50(49)60-47-22-10-7-18-40(47)42-20-13-25-51(58)53(42)60;1-3-14-36(15-4-1)57(37-16-5-2-6-17-37)39-30-31-47-44(32-39)42-19-8-9-21-45(42)58(47)38-28-26-35(27-29-38)54-56-53-51(61-54)33-40(34-55-53)59-48-23-11-12-24-49(48)60-46-22-10-7-18-41(46)43-20-13-25-50(59)52(43)60/h2*1-34H. The van der Waals surface area contributed by atoms with Crippen LogP contribution in [0.5, 0.6) is 0 Å². The molecule has 14 heteroatoms. The molecule has 0 N–H and O–H groups in total. The van der Waals surface area contributed by atoms with Gasteiger partial charge in [0.1, 0.15) is 11.2 Å². The van der Waals surface area contributed by atoms with E-state index < -0.39 is 0 Å². The normalized spacial score (nSPS) is 12.2. The number of aromatic nitrogens is 8. The van der Waals surface area contributed by atoms with Gasteiger partial charge >= 0.3 is 0 Å². The van der Waals surface area contributed by atoms with Crippen molar-refractivity contribution in [3.8, 4) is 45.8 Å². The zero-order valence-corrected chi connectivity index (χ0v) is 65.4. The molecule has 16 aromatic carbocycles. The van der Waals surface area contributed by atoms with Crippen LogP contribution in [0, 0.1) is 0 Å². The molecule has 0 amide bonds. The molecule has 0 aliphatic carbocycles. The molecule has 0 atom stereocenters. The molecular weight excluding hydrogens is 1500 g/mol. The molecular formula is C108H68N12O2. The molecule has 0 unspecified atom stereocenters. The summed E-state index contributed by atoms with van der Waals surface area (Å²) in [7, 11) is 0. The van der Waals surface area contributed by atoms with Crippen molar-refractivity contribution in [2.24, 2.45) is 0 Å². The number of rotatable bonds is 12. The Balaban J connectivity index is 0.000000134. The van der Waals surface area contributed by atoms with E-state index in [1.54, 1.807) is 0 Å². The molecule has 0 saturated heterocycles. The molecule has 0 bridgehead atoms. The highest BCUT2D eigenvalue weighted by atomic mass is 16.4. The second kappa shape index (κ2) is 27.4. The van der Waals surface area contributed by atoms with Crippen LogP contribution in [0.15, 0.2) is 422 Å². The van der Waals surface area contributed by atoms with E-state index in [1.807, 2.05) is 24.5 Å². The van der Waals surface area contributed by atoms with Crippen molar-refractivity contribution in [3.63, 3.8) is 0 Å². The Labute approximate surface area is 698 Å². The van der Waals surface area contributed by atoms with Crippen LogP contribution in [0.25, 0.3) is 155 Å². The van der Waals surface area contributed by atoms with Gasteiger partial charge in [0.25, 0.3) is 0 Å². The van der Waals surface area contributed by atoms with Gasteiger partial charge in [-0.1, -0.05) is 194 Å². The number of nitrogens with zero attached hydrogens (tertiary/aromatic N) is 12. The Morgan fingerprint density at radius 2 is 0.615 bits per heavy atom. The van der Waals surface area contributed by atoms with Crippen LogP contribution in [-0.2, 0) is 0 Å². The van der Waals surface area contributed by atoms with Gasteiger partial charge in [-0.15, -0.1) is 0 Å². The molecule has 122 heavy (non-hydrogen) atoms. The third-order valence-electron chi connectivity index (χ3n) is 24.2. The van der Waals surface area contributed by atoms with Gasteiger partial charge in [-0.3, -0.25) is 0 Å². The second-order valence-corrected chi connectivity index (χ2v) is 31.0. The minimum atomic E-state index is 0.480. The van der Waals surface area contributed by atoms with Crippen LogP contribution < -0.4 is 19.6 Å². The van der Waals surface area contributed by atoms with Gasteiger partial charge in [0.2, 0.25) is 11.8 Å². The lowest BCUT2D eigenvalue weighted by Crippen LogP contribution is -2.18. The van der Waals surface area contributed by atoms with Crippen LogP contribution in [0.1, 0.15) is 0 Å². The molecule has 2 aliphatic rings. The van der Waals surface area contributed by atoms with Crippen molar-refractivity contribution >= 4 is 178 Å². The van der Waals surface area contributed by atoms with Crippen LogP contribution in [0.3, 0.4) is 0 Å². The van der Waals surface area contributed by atoms with E-state index >= 15 is 0 Å². The second-order valence-electron chi connectivity index (χ2n) is 31.0. The summed E-state index contributed by atoms with van der Waals surface area (Å²) in [5.74, 6) is 1.01. The van der Waals surface area contributed by atoms with Gasteiger partial charge in [0, 0.05) is 101 Å². The Morgan fingerprint density at radius 3 is 1.11 bits per heavy atom. The molecule has 24 aromatic rings. The smallest absolute Gasteiger partial charge is 0.246 e. The Hall–Kier alpha value is -16.8. The number of oxazole rings is 2. The molecule has 14 nitrogen and oxygen atoms in total. The highest BCUT2D eigenvalue weighted by molar-refractivity contribution is 6.19. The number of hydrogen-bond donors (Lipinski definition) is 0. The lowest BCUT2D eigenvalue weighted by Gasteiger charge is -2.33. The molecule has 0 spiro atoms. The summed E-state index contributed by atoms with van der Waals surface area (Å²) in [5, 5.41) is 9.64. The summed E-state index contributed by atoms with van der Waals surface area (Å²) in [6.07, 6.45) is 3.82. The number of pyridine rings is 2. The summed E-state index contributed by atoms with van der Waals surface area (Å²) < 4.78 is 22.5.